The minimum atomic E-state index is -3.29. The number of carbonyl (C=O) groups is 1. The van der Waals surface area contributed by atoms with Gasteiger partial charge in [0.05, 0.1) is 6.26 Å². The molecule has 0 unspecified atom stereocenters. The molecule has 0 aliphatic heterocycles. The van der Waals surface area contributed by atoms with Crippen molar-refractivity contribution in [3.63, 3.8) is 0 Å². The summed E-state index contributed by atoms with van der Waals surface area (Å²) in [6.07, 6.45) is 1.10. The molecule has 0 aromatic heterocycles. The van der Waals surface area contributed by atoms with E-state index >= 15 is 0 Å². The maximum absolute atomic E-state index is 11.9. The van der Waals surface area contributed by atoms with Crippen LogP contribution in [0.4, 0.5) is 10.5 Å². The van der Waals surface area contributed by atoms with Gasteiger partial charge in [0, 0.05) is 18.8 Å². The first-order valence-corrected chi connectivity index (χ1v) is 9.76. The zero-order valence-corrected chi connectivity index (χ0v) is 15.4. The zero-order valence-electron chi connectivity index (χ0n) is 14.6. The first kappa shape index (κ1) is 18.8. The molecule has 25 heavy (non-hydrogen) atoms. The highest BCUT2D eigenvalue weighted by atomic mass is 32.2. The summed E-state index contributed by atoms with van der Waals surface area (Å²) in [6, 6.07) is 12.7. The highest BCUT2D eigenvalue weighted by Gasteiger charge is 2.04. The third kappa shape index (κ3) is 6.46. The standard InChI is InChI=1S/C18H23N3O3S/c1-13-4-7-16(14(2)10-13)12-20-18(22)19-11-15-5-8-17(9-6-15)21-25(3,23)24/h4-10,21H,11-12H2,1-3H3,(H2,19,20,22). The van der Waals surface area contributed by atoms with Gasteiger partial charge in [-0.2, -0.15) is 0 Å². The predicted molar refractivity (Wildman–Crippen MR) is 99.9 cm³/mol. The molecule has 0 spiro atoms. The Morgan fingerprint density at radius 1 is 0.960 bits per heavy atom. The van der Waals surface area contributed by atoms with Gasteiger partial charge in [0.2, 0.25) is 10.0 Å². The number of urea groups is 1. The molecule has 7 heteroatoms. The lowest BCUT2D eigenvalue weighted by molar-refractivity contribution is 0.240. The van der Waals surface area contributed by atoms with Crippen molar-refractivity contribution in [2.45, 2.75) is 26.9 Å². The van der Waals surface area contributed by atoms with Crippen molar-refractivity contribution in [1.82, 2.24) is 10.6 Å². The Hall–Kier alpha value is -2.54. The number of hydrogen-bond acceptors (Lipinski definition) is 3. The Morgan fingerprint density at radius 2 is 1.60 bits per heavy atom. The molecule has 0 aliphatic rings. The molecule has 0 saturated heterocycles. The molecule has 0 saturated carbocycles. The van der Waals surface area contributed by atoms with E-state index in [1.807, 2.05) is 26.0 Å². The van der Waals surface area contributed by atoms with Gasteiger partial charge in [0.1, 0.15) is 0 Å². The molecule has 0 atom stereocenters. The number of amides is 2. The number of nitrogens with one attached hydrogen (secondary N) is 3. The lowest BCUT2D eigenvalue weighted by atomic mass is 10.1. The minimum absolute atomic E-state index is 0.252. The SMILES string of the molecule is Cc1ccc(CNC(=O)NCc2ccc(NS(C)(=O)=O)cc2)c(C)c1. The van der Waals surface area contributed by atoms with Crippen LogP contribution in [-0.2, 0) is 23.1 Å². The quantitative estimate of drug-likeness (QED) is 0.739. The molecule has 0 aliphatic carbocycles. The lowest BCUT2D eigenvalue weighted by Crippen LogP contribution is -2.34. The van der Waals surface area contributed by atoms with Gasteiger partial charge in [-0.15, -0.1) is 0 Å². The molecule has 2 amide bonds. The number of carbonyl (C=O) groups excluding carboxylic acids is 1. The molecule has 0 heterocycles. The van der Waals surface area contributed by atoms with Crippen molar-refractivity contribution in [3.8, 4) is 0 Å². The molecule has 6 nitrogen and oxygen atoms in total. The smallest absolute Gasteiger partial charge is 0.315 e. The Morgan fingerprint density at radius 3 is 2.20 bits per heavy atom. The summed E-state index contributed by atoms with van der Waals surface area (Å²) in [4.78, 5) is 11.9. The van der Waals surface area contributed by atoms with E-state index < -0.39 is 10.0 Å². The largest absolute Gasteiger partial charge is 0.334 e. The van der Waals surface area contributed by atoms with Crippen LogP contribution in [0.5, 0.6) is 0 Å². The van der Waals surface area contributed by atoms with Crippen LogP contribution in [0.3, 0.4) is 0 Å². The van der Waals surface area contributed by atoms with Crippen LogP contribution in [-0.4, -0.2) is 20.7 Å². The van der Waals surface area contributed by atoms with Crippen molar-refractivity contribution in [3.05, 3.63) is 64.7 Å². The van der Waals surface area contributed by atoms with Crippen molar-refractivity contribution in [2.24, 2.45) is 0 Å². The minimum Gasteiger partial charge on any atom is -0.334 e. The second-order valence-electron chi connectivity index (χ2n) is 6.04. The van der Waals surface area contributed by atoms with E-state index in [0.717, 1.165) is 22.9 Å². The molecular formula is C18H23N3O3S. The van der Waals surface area contributed by atoms with E-state index in [9.17, 15) is 13.2 Å². The molecule has 0 fully saturated rings. The average molecular weight is 361 g/mol. The van der Waals surface area contributed by atoms with Gasteiger partial charge in [-0.3, -0.25) is 4.72 Å². The normalized spacial score (nSPS) is 11.0. The van der Waals surface area contributed by atoms with Gasteiger partial charge in [-0.05, 0) is 42.7 Å². The number of benzene rings is 2. The summed E-state index contributed by atoms with van der Waals surface area (Å²) >= 11 is 0. The molecule has 0 bridgehead atoms. The fourth-order valence-electron chi connectivity index (χ4n) is 2.37. The summed E-state index contributed by atoms with van der Waals surface area (Å²) in [7, 11) is -3.29. The molecular weight excluding hydrogens is 338 g/mol. The molecule has 3 N–H and O–H groups in total. The second kappa shape index (κ2) is 8.02. The van der Waals surface area contributed by atoms with Crippen molar-refractivity contribution in [2.75, 3.05) is 11.0 Å². The van der Waals surface area contributed by atoms with Crippen molar-refractivity contribution in [1.29, 1.82) is 0 Å². The Balaban J connectivity index is 1.81. The summed E-state index contributed by atoms with van der Waals surface area (Å²) in [5.74, 6) is 0. The highest BCUT2D eigenvalue weighted by molar-refractivity contribution is 7.92. The van der Waals surface area contributed by atoms with Gasteiger partial charge in [0.15, 0.2) is 0 Å². The van der Waals surface area contributed by atoms with Gasteiger partial charge in [-0.25, -0.2) is 13.2 Å². The topological polar surface area (TPSA) is 87.3 Å². The van der Waals surface area contributed by atoms with Gasteiger partial charge < -0.3 is 10.6 Å². The van der Waals surface area contributed by atoms with Gasteiger partial charge in [0.25, 0.3) is 0 Å². The molecule has 2 aromatic rings. The van der Waals surface area contributed by atoms with E-state index in [0.29, 0.717) is 18.8 Å². The highest BCUT2D eigenvalue weighted by Crippen LogP contribution is 2.11. The molecule has 134 valence electrons. The maximum atomic E-state index is 11.9. The lowest BCUT2D eigenvalue weighted by Gasteiger charge is -2.10. The Kier molecular flexibility index (Phi) is 6.03. The Labute approximate surface area is 148 Å². The summed E-state index contributed by atoms with van der Waals surface area (Å²) < 4.78 is 24.7. The van der Waals surface area contributed by atoms with Crippen LogP contribution in [0.25, 0.3) is 0 Å². The summed E-state index contributed by atoms with van der Waals surface area (Å²) in [5, 5.41) is 5.61. The second-order valence-corrected chi connectivity index (χ2v) is 7.79. The van der Waals surface area contributed by atoms with E-state index in [-0.39, 0.29) is 6.03 Å². The van der Waals surface area contributed by atoms with Crippen LogP contribution in [0.15, 0.2) is 42.5 Å². The zero-order chi connectivity index (χ0) is 18.4. The van der Waals surface area contributed by atoms with Gasteiger partial charge >= 0.3 is 6.03 Å². The number of sulfonamides is 1. The Bertz CT molecular complexity index is 846. The van der Waals surface area contributed by atoms with Crippen LogP contribution >= 0.6 is 0 Å². The maximum Gasteiger partial charge on any atom is 0.315 e. The van der Waals surface area contributed by atoms with Crippen LogP contribution < -0.4 is 15.4 Å². The predicted octanol–water partition coefficient (Wildman–Crippen LogP) is 2.67. The monoisotopic (exact) mass is 361 g/mol. The molecule has 0 radical (unpaired) electrons. The number of anilines is 1. The summed E-state index contributed by atoms with van der Waals surface area (Å²) in [6.45, 7) is 4.88. The van der Waals surface area contributed by atoms with Crippen LogP contribution in [0.1, 0.15) is 22.3 Å². The number of aryl methyl sites for hydroxylation is 2. The summed E-state index contributed by atoms with van der Waals surface area (Å²) in [5.41, 5.74) is 4.79. The third-order valence-corrected chi connectivity index (χ3v) is 4.25. The van der Waals surface area contributed by atoms with E-state index in [1.165, 1.54) is 5.56 Å². The fourth-order valence-corrected chi connectivity index (χ4v) is 2.93. The number of hydrogen-bond donors (Lipinski definition) is 3. The molecule has 2 rings (SSSR count). The van der Waals surface area contributed by atoms with Crippen molar-refractivity contribution < 1.29 is 13.2 Å². The average Bonchev–Trinajstić information content (AvgIpc) is 2.52. The van der Waals surface area contributed by atoms with Crippen molar-refractivity contribution >= 4 is 21.7 Å². The van der Waals surface area contributed by atoms with Gasteiger partial charge in [-0.1, -0.05) is 35.9 Å². The first-order chi connectivity index (χ1) is 11.7. The van der Waals surface area contributed by atoms with E-state index in [4.69, 9.17) is 0 Å². The van der Waals surface area contributed by atoms with E-state index in [1.54, 1.807) is 24.3 Å². The van der Waals surface area contributed by atoms with E-state index in [2.05, 4.69) is 21.4 Å². The first-order valence-electron chi connectivity index (χ1n) is 7.87. The van der Waals surface area contributed by atoms with Crippen LogP contribution in [0, 0.1) is 13.8 Å². The number of rotatable bonds is 6. The van der Waals surface area contributed by atoms with Crippen LogP contribution in [0.2, 0.25) is 0 Å². The third-order valence-electron chi connectivity index (χ3n) is 3.65. The fraction of sp³-hybridized carbons (Fsp3) is 0.278. The molecule has 2 aromatic carbocycles.